The number of hydrogen-bond donors (Lipinski definition) is 2. The van der Waals surface area contributed by atoms with Gasteiger partial charge >= 0.3 is 0 Å². The molecular weight excluding hydrogens is 296 g/mol. The van der Waals surface area contributed by atoms with Gasteiger partial charge in [0.1, 0.15) is 10.8 Å². The number of amides is 1. The molecule has 4 nitrogen and oxygen atoms in total. The second kappa shape index (κ2) is 6.24. The van der Waals surface area contributed by atoms with E-state index in [-0.39, 0.29) is 22.7 Å². The zero-order chi connectivity index (χ0) is 14.7. The van der Waals surface area contributed by atoms with Gasteiger partial charge in [0.2, 0.25) is 0 Å². The highest BCUT2D eigenvalue weighted by Crippen LogP contribution is 2.25. The second-order valence-electron chi connectivity index (χ2n) is 4.41. The maximum absolute atomic E-state index is 12.2. The number of carbonyl (C=O) groups excluding carboxylic acids is 1. The lowest BCUT2D eigenvalue weighted by molar-refractivity contribution is 0.0935. The molecule has 0 aliphatic heterocycles. The Morgan fingerprint density at radius 3 is 2.85 bits per heavy atom. The smallest absolute Gasteiger partial charge is 0.251 e. The monoisotopic (exact) mass is 310 g/mol. The maximum atomic E-state index is 12.2. The van der Waals surface area contributed by atoms with Gasteiger partial charge in [0.05, 0.1) is 11.1 Å². The molecule has 0 bridgehead atoms. The van der Waals surface area contributed by atoms with E-state index in [4.69, 9.17) is 11.6 Å². The fourth-order valence-electron chi connectivity index (χ4n) is 1.76. The van der Waals surface area contributed by atoms with Crippen molar-refractivity contribution in [3.05, 3.63) is 44.9 Å². The standard InChI is InChI=1S/C14H15ClN2O2S/c1-3-11(14-16-7-8(2)20-14)17-13(19)9-4-5-12(18)10(15)6-9/h4-7,11,18H,3H2,1-2H3,(H,17,19)/t11-/m1/s1. The Morgan fingerprint density at radius 2 is 2.30 bits per heavy atom. The first-order valence-electron chi connectivity index (χ1n) is 6.23. The van der Waals surface area contributed by atoms with Gasteiger partial charge in [0.25, 0.3) is 5.91 Å². The van der Waals surface area contributed by atoms with Crippen LogP contribution in [0.5, 0.6) is 5.75 Å². The molecule has 0 saturated heterocycles. The van der Waals surface area contributed by atoms with Crippen molar-refractivity contribution >= 4 is 28.8 Å². The van der Waals surface area contributed by atoms with Crippen LogP contribution in [0.25, 0.3) is 0 Å². The van der Waals surface area contributed by atoms with Gasteiger partial charge in [-0.1, -0.05) is 18.5 Å². The van der Waals surface area contributed by atoms with Crippen LogP contribution >= 0.6 is 22.9 Å². The van der Waals surface area contributed by atoms with Crippen molar-refractivity contribution < 1.29 is 9.90 Å². The molecule has 0 radical (unpaired) electrons. The van der Waals surface area contributed by atoms with Crippen molar-refractivity contribution in [2.75, 3.05) is 0 Å². The minimum atomic E-state index is -0.230. The van der Waals surface area contributed by atoms with Crippen LogP contribution in [0.15, 0.2) is 24.4 Å². The van der Waals surface area contributed by atoms with E-state index >= 15 is 0 Å². The highest BCUT2D eigenvalue weighted by atomic mass is 35.5. The summed E-state index contributed by atoms with van der Waals surface area (Å²) in [6.45, 7) is 3.97. The minimum Gasteiger partial charge on any atom is -0.506 e. The van der Waals surface area contributed by atoms with Crippen molar-refractivity contribution in [3.63, 3.8) is 0 Å². The Bertz CT molecular complexity index is 627. The predicted molar refractivity (Wildman–Crippen MR) is 80.5 cm³/mol. The number of nitrogens with zero attached hydrogens (tertiary/aromatic N) is 1. The van der Waals surface area contributed by atoms with Crippen LogP contribution in [0, 0.1) is 6.92 Å². The van der Waals surface area contributed by atoms with Gasteiger partial charge in [-0.25, -0.2) is 4.98 Å². The van der Waals surface area contributed by atoms with Gasteiger partial charge in [0.15, 0.2) is 0 Å². The lowest BCUT2D eigenvalue weighted by atomic mass is 10.1. The molecule has 1 aromatic heterocycles. The number of benzene rings is 1. The summed E-state index contributed by atoms with van der Waals surface area (Å²) in [4.78, 5) is 17.6. The van der Waals surface area contributed by atoms with Crippen molar-refractivity contribution in [1.29, 1.82) is 0 Å². The zero-order valence-corrected chi connectivity index (χ0v) is 12.8. The minimum absolute atomic E-state index is 0.0363. The third-order valence-corrected chi connectivity index (χ3v) is 4.19. The van der Waals surface area contributed by atoms with Crippen LogP contribution in [0.3, 0.4) is 0 Å². The summed E-state index contributed by atoms with van der Waals surface area (Å²) in [7, 11) is 0. The van der Waals surface area contributed by atoms with Crippen LogP contribution in [-0.4, -0.2) is 16.0 Å². The summed E-state index contributed by atoms with van der Waals surface area (Å²) in [6.07, 6.45) is 2.55. The molecule has 0 unspecified atom stereocenters. The molecule has 106 valence electrons. The molecule has 0 fully saturated rings. The number of aromatic hydroxyl groups is 1. The topological polar surface area (TPSA) is 62.2 Å². The average Bonchev–Trinajstić information content (AvgIpc) is 2.85. The van der Waals surface area contributed by atoms with Gasteiger partial charge in [-0.3, -0.25) is 4.79 Å². The molecule has 1 aromatic carbocycles. The van der Waals surface area contributed by atoms with E-state index in [0.717, 1.165) is 16.3 Å². The van der Waals surface area contributed by atoms with Gasteiger partial charge in [-0.05, 0) is 31.5 Å². The molecule has 1 atom stereocenters. The summed E-state index contributed by atoms with van der Waals surface area (Å²) in [5, 5.41) is 13.3. The Hall–Kier alpha value is -1.59. The fourth-order valence-corrected chi connectivity index (χ4v) is 2.85. The highest BCUT2D eigenvalue weighted by Gasteiger charge is 2.17. The Morgan fingerprint density at radius 1 is 1.55 bits per heavy atom. The predicted octanol–water partition coefficient (Wildman–Crippen LogP) is 3.69. The fraction of sp³-hybridized carbons (Fsp3) is 0.286. The molecule has 2 rings (SSSR count). The quantitative estimate of drug-likeness (QED) is 0.905. The van der Waals surface area contributed by atoms with Crippen molar-refractivity contribution in [2.24, 2.45) is 0 Å². The first kappa shape index (κ1) is 14.8. The van der Waals surface area contributed by atoms with Gasteiger partial charge < -0.3 is 10.4 Å². The van der Waals surface area contributed by atoms with Crippen LogP contribution in [0.2, 0.25) is 5.02 Å². The number of rotatable bonds is 4. The Balaban J connectivity index is 2.14. The van der Waals surface area contributed by atoms with Crippen molar-refractivity contribution in [1.82, 2.24) is 10.3 Å². The molecule has 0 spiro atoms. The Kier molecular flexibility index (Phi) is 4.62. The largest absolute Gasteiger partial charge is 0.506 e. The highest BCUT2D eigenvalue weighted by molar-refractivity contribution is 7.11. The summed E-state index contributed by atoms with van der Waals surface area (Å²) in [6, 6.07) is 4.28. The van der Waals surface area contributed by atoms with Crippen LogP contribution < -0.4 is 5.32 Å². The molecular formula is C14H15ClN2O2S. The third kappa shape index (κ3) is 3.29. The number of phenolic OH excluding ortho intramolecular Hbond substituents is 1. The zero-order valence-electron chi connectivity index (χ0n) is 11.2. The summed E-state index contributed by atoms with van der Waals surface area (Å²) in [5.74, 6) is -0.266. The van der Waals surface area contributed by atoms with E-state index in [9.17, 15) is 9.90 Å². The van der Waals surface area contributed by atoms with Crippen LogP contribution in [-0.2, 0) is 0 Å². The molecule has 6 heteroatoms. The van der Waals surface area contributed by atoms with Crippen LogP contribution in [0.4, 0.5) is 0 Å². The molecule has 0 saturated carbocycles. The molecule has 2 aromatic rings. The number of carbonyl (C=O) groups is 1. The van der Waals surface area contributed by atoms with Crippen LogP contribution in [0.1, 0.15) is 39.6 Å². The summed E-state index contributed by atoms with van der Waals surface area (Å²) < 4.78 is 0. The second-order valence-corrected chi connectivity index (χ2v) is 6.08. The Labute approximate surface area is 126 Å². The van der Waals surface area contributed by atoms with E-state index in [1.54, 1.807) is 17.5 Å². The average molecular weight is 311 g/mol. The number of halogens is 1. The summed E-state index contributed by atoms with van der Waals surface area (Å²) >= 11 is 7.38. The SMILES string of the molecule is CC[C@@H](NC(=O)c1ccc(O)c(Cl)c1)c1ncc(C)s1. The van der Waals surface area contributed by atoms with Gasteiger partial charge in [0, 0.05) is 16.6 Å². The van der Waals surface area contributed by atoms with E-state index in [1.807, 2.05) is 13.8 Å². The van der Waals surface area contributed by atoms with E-state index < -0.39 is 0 Å². The molecule has 20 heavy (non-hydrogen) atoms. The van der Waals surface area contributed by atoms with Crippen molar-refractivity contribution in [3.8, 4) is 5.75 Å². The number of thiazole rings is 1. The van der Waals surface area contributed by atoms with E-state index in [1.165, 1.54) is 18.2 Å². The third-order valence-electron chi connectivity index (χ3n) is 2.86. The molecule has 2 N–H and O–H groups in total. The van der Waals surface area contributed by atoms with E-state index in [2.05, 4.69) is 10.3 Å². The summed E-state index contributed by atoms with van der Waals surface area (Å²) in [5.41, 5.74) is 0.416. The number of hydrogen-bond acceptors (Lipinski definition) is 4. The lowest BCUT2D eigenvalue weighted by Crippen LogP contribution is -2.28. The van der Waals surface area contributed by atoms with Gasteiger partial charge in [-0.15, -0.1) is 11.3 Å². The molecule has 0 aliphatic carbocycles. The molecule has 1 amide bonds. The number of aromatic nitrogens is 1. The first-order valence-corrected chi connectivity index (χ1v) is 7.42. The first-order chi connectivity index (χ1) is 9.51. The lowest BCUT2D eigenvalue weighted by Gasteiger charge is -2.14. The van der Waals surface area contributed by atoms with Gasteiger partial charge in [-0.2, -0.15) is 0 Å². The maximum Gasteiger partial charge on any atom is 0.251 e. The van der Waals surface area contributed by atoms with E-state index in [0.29, 0.717) is 5.56 Å². The normalized spacial score (nSPS) is 12.2. The van der Waals surface area contributed by atoms with Crippen molar-refractivity contribution in [2.45, 2.75) is 26.3 Å². The number of nitrogens with one attached hydrogen (secondary N) is 1. The number of aryl methyl sites for hydroxylation is 1. The molecule has 0 aliphatic rings. The number of phenols is 1. The molecule has 1 heterocycles.